The second-order valence-corrected chi connectivity index (χ2v) is 2.32. The van der Waals surface area contributed by atoms with Crippen molar-refractivity contribution in [3.05, 3.63) is 29.8 Å². The first-order valence-electron chi connectivity index (χ1n) is 3.53. The molecule has 1 unspecified atom stereocenters. The number of phenolic OH excluding ortho intramolecular Hbond substituents is 1. The molecule has 0 aliphatic carbocycles. The summed E-state index contributed by atoms with van der Waals surface area (Å²) in [7, 11) is 0. The Hall–Kier alpha value is -1.84. The molecule has 1 aromatic carbocycles. The number of benzene rings is 1. The van der Waals surface area contributed by atoms with Gasteiger partial charge in [-0.1, -0.05) is 12.1 Å². The van der Waals surface area contributed by atoms with Crippen LogP contribution < -0.4 is 0 Å². The highest BCUT2D eigenvalue weighted by Crippen LogP contribution is 2.17. The van der Waals surface area contributed by atoms with Crippen LogP contribution in [-0.4, -0.2) is 17.9 Å². The summed E-state index contributed by atoms with van der Waals surface area (Å²) in [4.78, 5) is 20.3. The average Bonchev–Trinajstić information content (AvgIpc) is 2.16. The number of phenols is 1. The monoisotopic (exact) mass is 179 g/mol. The zero-order valence-corrected chi connectivity index (χ0v) is 6.64. The molecule has 0 aliphatic heterocycles. The smallest absolute Gasteiger partial charge is 0.294 e. The predicted octanol–water partition coefficient (Wildman–Crippen LogP) is 0.716. The molecule has 1 aromatic rings. The van der Waals surface area contributed by atoms with E-state index in [9.17, 15) is 9.59 Å². The minimum Gasteiger partial charge on any atom is -0.508 e. The molecule has 1 N–H and O–H groups in total. The number of rotatable bonds is 4. The summed E-state index contributed by atoms with van der Waals surface area (Å²) in [5.41, 5.74) is 0.472. The molecule has 0 spiro atoms. The molecular formula is C9H7O4. The summed E-state index contributed by atoms with van der Waals surface area (Å²) in [6, 6.07) is 5.75. The fourth-order valence-corrected chi connectivity index (χ4v) is 0.879. The maximum Gasteiger partial charge on any atom is 0.294 e. The van der Waals surface area contributed by atoms with Crippen molar-refractivity contribution < 1.29 is 19.4 Å². The Balaban J connectivity index is 2.84. The summed E-state index contributed by atoms with van der Waals surface area (Å²) >= 11 is 0. The van der Waals surface area contributed by atoms with Gasteiger partial charge in [0.05, 0.1) is 0 Å². The fourth-order valence-electron chi connectivity index (χ4n) is 0.879. The molecule has 0 saturated heterocycles. The van der Waals surface area contributed by atoms with E-state index in [-0.39, 0.29) is 12.2 Å². The van der Waals surface area contributed by atoms with Gasteiger partial charge in [0, 0.05) is 5.56 Å². The Morgan fingerprint density at radius 3 is 2.46 bits per heavy atom. The molecule has 1 radical (unpaired) electrons. The second-order valence-electron chi connectivity index (χ2n) is 2.32. The third-order valence-electron chi connectivity index (χ3n) is 1.49. The van der Waals surface area contributed by atoms with E-state index < -0.39 is 6.10 Å². The Bertz CT molecular complexity index is 291. The zero-order chi connectivity index (χ0) is 9.68. The molecule has 67 valence electrons. The number of aromatic hydroxyl groups is 1. The van der Waals surface area contributed by atoms with Crippen molar-refractivity contribution in [3.8, 4) is 5.75 Å². The van der Waals surface area contributed by atoms with E-state index in [4.69, 9.17) is 5.11 Å². The lowest BCUT2D eigenvalue weighted by Crippen LogP contribution is -2.03. The molecule has 0 heterocycles. The number of ether oxygens (including phenoxy) is 1. The van der Waals surface area contributed by atoms with Gasteiger partial charge < -0.3 is 9.84 Å². The maximum absolute atomic E-state index is 10.3. The highest BCUT2D eigenvalue weighted by Gasteiger charge is 2.11. The summed E-state index contributed by atoms with van der Waals surface area (Å²) < 4.78 is 4.43. The number of hydrogen-bond acceptors (Lipinski definition) is 4. The van der Waals surface area contributed by atoms with Crippen molar-refractivity contribution in [2.45, 2.75) is 6.10 Å². The van der Waals surface area contributed by atoms with Gasteiger partial charge >= 0.3 is 0 Å². The van der Waals surface area contributed by atoms with Gasteiger partial charge in [0.25, 0.3) is 6.47 Å². The third-order valence-corrected chi connectivity index (χ3v) is 1.49. The molecule has 1 rings (SSSR count). The van der Waals surface area contributed by atoms with Gasteiger partial charge in [0.15, 0.2) is 6.10 Å². The fraction of sp³-hybridized carbons (Fsp3) is 0.111. The zero-order valence-electron chi connectivity index (χ0n) is 6.64. The van der Waals surface area contributed by atoms with E-state index in [0.29, 0.717) is 5.56 Å². The van der Waals surface area contributed by atoms with E-state index in [2.05, 4.69) is 4.74 Å². The van der Waals surface area contributed by atoms with Crippen molar-refractivity contribution in [2.75, 3.05) is 0 Å². The summed E-state index contributed by atoms with van der Waals surface area (Å²) in [5, 5.41) is 8.93. The molecule has 4 heteroatoms. The van der Waals surface area contributed by atoms with Crippen molar-refractivity contribution in [3.63, 3.8) is 0 Å². The predicted molar refractivity (Wildman–Crippen MR) is 43.7 cm³/mol. The van der Waals surface area contributed by atoms with E-state index in [1.165, 1.54) is 24.3 Å². The first-order valence-corrected chi connectivity index (χ1v) is 3.53. The van der Waals surface area contributed by atoms with Crippen LogP contribution >= 0.6 is 0 Å². The first kappa shape index (κ1) is 9.25. The standard InChI is InChI=1S/C9H7O4/c10-5-9(13-6-11)7-1-3-8(12)4-2-7/h1-4,6,9,12H. The van der Waals surface area contributed by atoms with Gasteiger partial charge in [0.2, 0.25) is 6.29 Å². The lowest BCUT2D eigenvalue weighted by molar-refractivity contribution is -0.131. The minimum absolute atomic E-state index is 0.0829. The van der Waals surface area contributed by atoms with Crippen LogP contribution in [0.25, 0.3) is 0 Å². The molecule has 4 nitrogen and oxygen atoms in total. The maximum atomic E-state index is 10.3. The molecule has 0 aliphatic rings. The van der Waals surface area contributed by atoms with Crippen molar-refractivity contribution in [2.24, 2.45) is 0 Å². The van der Waals surface area contributed by atoms with Crippen molar-refractivity contribution >= 4 is 12.8 Å². The van der Waals surface area contributed by atoms with Gasteiger partial charge in [0.1, 0.15) is 5.75 Å². The minimum atomic E-state index is -1.02. The van der Waals surface area contributed by atoms with Crippen LogP contribution in [0.4, 0.5) is 0 Å². The van der Waals surface area contributed by atoms with Gasteiger partial charge in [-0.2, -0.15) is 0 Å². The number of carbonyl (C=O) groups excluding carboxylic acids is 2. The second kappa shape index (κ2) is 4.25. The Morgan fingerprint density at radius 2 is 2.00 bits per heavy atom. The van der Waals surface area contributed by atoms with E-state index >= 15 is 0 Å². The first-order chi connectivity index (χ1) is 6.27. The van der Waals surface area contributed by atoms with E-state index in [0.717, 1.165) is 0 Å². The highest BCUT2D eigenvalue weighted by molar-refractivity contribution is 5.63. The number of carbonyl (C=O) groups is 1. The Labute approximate surface area is 74.8 Å². The molecular weight excluding hydrogens is 172 g/mol. The lowest BCUT2D eigenvalue weighted by Gasteiger charge is -2.06. The van der Waals surface area contributed by atoms with Crippen LogP contribution in [0.2, 0.25) is 0 Å². The van der Waals surface area contributed by atoms with E-state index in [1.807, 2.05) is 0 Å². The van der Waals surface area contributed by atoms with Crippen LogP contribution in [0.1, 0.15) is 11.7 Å². The van der Waals surface area contributed by atoms with Crippen LogP contribution in [0.5, 0.6) is 5.75 Å². The van der Waals surface area contributed by atoms with Gasteiger partial charge in [-0.15, -0.1) is 0 Å². The molecule has 0 bridgehead atoms. The largest absolute Gasteiger partial charge is 0.508 e. The normalized spacial score (nSPS) is 11.7. The van der Waals surface area contributed by atoms with Gasteiger partial charge in [-0.3, -0.25) is 9.59 Å². The quantitative estimate of drug-likeness (QED) is 0.691. The van der Waals surface area contributed by atoms with Gasteiger partial charge in [-0.25, -0.2) is 0 Å². The molecule has 0 aromatic heterocycles. The Kier molecular flexibility index (Phi) is 3.03. The third kappa shape index (κ3) is 2.30. The average molecular weight is 179 g/mol. The molecule has 0 saturated carbocycles. The summed E-state index contributed by atoms with van der Waals surface area (Å²) in [6.45, 7) is 0.183. The highest BCUT2D eigenvalue weighted by atomic mass is 16.5. The summed E-state index contributed by atoms with van der Waals surface area (Å²) in [6.07, 6.45) is 0.538. The lowest BCUT2D eigenvalue weighted by atomic mass is 10.1. The van der Waals surface area contributed by atoms with Crippen molar-refractivity contribution in [1.82, 2.24) is 0 Å². The van der Waals surface area contributed by atoms with Gasteiger partial charge in [-0.05, 0) is 12.1 Å². The molecule has 0 amide bonds. The number of hydrogen-bond donors (Lipinski definition) is 1. The summed E-state index contributed by atoms with van der Waals surface area (Å²) in [5.74, 6) is 0.0829. The molecule has 13 heavy (non-hydrogen) atoms. The van der Waals surface area contributed by atoms with Crippen LogP contribution in [0.15, 0.2) is 24.3 Å². The van der Waals surface area contributed by atoms with Crippen LogP contribution in [0, 0.1) is 0 Å². The molecule has 1 atom stereocenters. The van der Waals surface area contributed by atoms with Crippen molar-refractivity contribution in [1.29, 1.82) is 0 Å². The molecule has 0 fully saturated rings. The SMILES string of the molecule is O=[C]C(OC=O)c1ccc(O)cc1. The van der Waals surface area contributed by atoms with E-state index in [1.54, 1.807) is 6.29 Å². The van der Waals surface area contributed by atoms with Crippen LogP contribution in [0.3, 0.4) is 0 Å². The topological polar surface area (TPSA) is 63.6 Å². The Morgan fingerprint density at radius 1 is 1.38 bits per heavy atom. The van der Waals surface area contributed by atoms with Crippen LogP contribution in [-0.2, 0) is 14.3 Å².